The Morgan fingerprint density at radius 3 is 2.46 bits per heavy atom. The Morgan fingerprint density at radius 2 is 1.79 bits per heavy atom. The van der Waals surface area contributed by atoms with Crippen molar-refractivity contribution in [3.05, 3.63) is 29.8 Å². The van der Waals surface area contributed by atoms with Crippen molar-refractivity contribution < 1.29 is 14.3 Å². The Kier molecular flexibility index (Phi) is 5.35. The smallest absolute Gasteiger partial charge is 0.226 e. The van der Waals surface area contributed by atoms with E-state index in [9.17, 15) is 9.59 Å². The fourth-order valence-corrected chi connectivity index (χ4v) is 5.23. The van der Waals surface area contributed by atoms with Gasteiger partial charge in [-0.2, -0.15) is 0 Å². The molecule has 2 saturated carbocycles. The average molecular weight is 385 g/mol. The SMILES string of the molecule is CC(=O)N(C)C1CCC2(CC1)CN(C(=O)C1CCCC1)Cc1ccccc1O2. The van der Waals surface area contributed by atoms with Gasteiger partial charge in [-0.25, -0.2) is 0 Å². The molecule has 0 atom stereocenters. The van der Waals surface area contributed by atoms with Gasteiger partial charge in [-0.05, 0) is 44.6 Å². The molecule has 2 fully saturated rings. The van der Waals surface area contributed by atoms with Crippen LogP contribution in [0.15, 0.2) is 24.3 Å². The quantitative estimate of drug-likeness (QED) is 0.780. The van der Waals surface area contributed by atoms with Crippen molar-refractivity contribution in [3.63, 3.8) is 0 Å². The molecule has 0 saturated heterocycles. The summed E-state index contributed by atoms with van der Waals surface area (Å²) in [4.78, 5) is 29.0. The summed E-state index contributed by atoms with van der Waals surface area (Å²) in [5, 5.41) is 0. The molecule has 152 valence electrons. The van der Waals surface area contributed by atoms with E-state index in [-0.39, 0.29) is 23.5 Å². The number of carbonyl (C=O) groups is 2. The summed E-state index contributed by atoms with van der Waals surface area (Å²) in [7, 11) is 1.89. The summed E-state index contributed by atoms with van der Waals surface area (Å²) in [6.07, 6.45) is 7.97. The maximum absolute atomic E-state index is 13.3. The molecule has 0 aromatic heterocycles. The predicted octanol–water partition coefficient (Wildman–Crippen LogP) is 3.76. The number of nitrogens with zero attached hydrogens (tertiary/aromatic N) is 2. The van der Waals surface area contributed by atoms with Crippen LogP contribution in [0.1, 0.15) is 63.9 Å². The minimum absolute atomic E-state index is 0.117. The minimum atomic E-state index is -0.338. The van der Waals surface area contributed by atoms with Gasteiger partial charge >= 0.3 is 0 Å². The van der Waals surface area contributed by atoms with Crippen LogP contribution in [0.5, 0.6) is 5.75 Å². The molecule has 5 nitrogen and oxygen atoms in total. The Labute approximate surface area is 168 Å². The third-order valence-electron chi connectivity index (χ3n) is 7.07. The molecule has 3 aliphatic rings. The highest BCUT2D eigenvalue weighted by molar-refractivity contribution is 5.79. The third kappa shape index (κ3) is 3.76. The molecular formula is C23H32N2O3. The number of hydrogen-bond donors (Lipinski definition) is 0. The molecule has 5 heteroatoms. The maximum Gasteiger partial charge on any atom is 0.226 e. The van der Waals surface area contributed by atoms with E-state index in [0.29, 0.717) is 19.0 Å². The van der Waals surface area contributed by atoms with Crippen LogP contribution in [-0.4, -0.2) is 46.8 Å². The first-order chi connectivity index (χ1) is 13.5. The molecule has 0 bridgehead atoms. The summed E-state index contributed by atoms with van der Waals surface area (Å²) >= 11 is 0. The minimum Gasteiger partial charge on any atom is -0.485 e. The number of carbonyl (C=O) groups excluding carboxylic acids is 2. The highest BCUT2D eigenvalue weighted by Gasteiger charge is 2.44. The van der Waals surface area contributed by atoms with Crippen LogP contribution in [0, 0.1) is 5.92 Å². The molecule has 2 amide bonds. The van der Waals surface area contributed by atoms with Crippen LogP contribution in [0.4, 0.5) is 0 Å². The molecule has 1 spiro atoms. The molecule has 1 aromatic rings. The number of fused-ring (bicyclic) bond motifs is 1. The fourth-order valence-electron chi connectivity index (χ4n) is 5.23. The van der Waals surface area contributed by atoms with E-state index in [1.807, 2.05) is 30.1 Å². The van der Waals surface area contributed by atoms with E-state index in [1.54, 1.807) is 6.92 Å². The van der Waals surface area contributed by atoms with Crippen LogP contribution >= 0.6 is 0 Å². The van der Waals surface area contributed by atoms with Gasteiger partial charge in [0.2, 0.25) is 11.8 Å². The summed E-state index contributed by atoms with van der Waals surface area (Å²) in [5.74, 6) is 1.52. The molecular weight excluding hydrogens is 352 g/mol. The summed E-state index contributed by atoms with van der Waals surface area (Å²) < 4.78 is 6.62. The molecule has 1 heterocycles. The van der Waals surface area contributed by atoms with Crippen LogP contribution in [0.2, 0.25) is 0 Å². The van der Waals surface area contributed by atoms with Gasteiger partial charge in [0.05, 0.1) is 6.54 Å². The van der Waals surface area contributed by atoms with Crippen LogP contribution in [0.25, 0.3) is 0 Å². The van der Waals surface area contributed by atoms with Crippen molar-refractivity contribution in [1.29, 1.82) is 0 Å². The van der Waals surface area contributed by atoms with Gasteiger partial charge in [0.1, 0.15) is 11.4 Å². The van der Waals surface area contributed by atoms with Crippen molar-refractivity contribution in [2.45, 2.75) is 76.5 Å². The third-order valence-corrected chi connectivity index (χ3v) is 7.07. The van der Waals surface area contributed by atoms with Gasteiger partial charge in [-0.1, -0.05) is 31.0 Å². The van der Waals surface area contributed by atoms with Crippen LogP contribution in [-0.2, 0) is 16.1 Å². The zero-order valence-corrected chi connectivity index (χ0v) is 17.2. The highest BCUT2D eigenvalue weighted by atomic mass is 16.5. The summed E-state index contributed by atoms with van der Waals surface area (Å²) in [6.45, 7) is 2.93. The van der Waals surface area contributed by atoms with Gasteiger partial charge < -0.3 is 14.5 Å². The lowest BCUT2D eigenvalue weighted by atomic mass is 9.80. The van der Waals surface area contributed by atoms with Crippen LogP contribution < -0.4 is 4.74 Å². The predicted molar refractivity (Wildman–Crippen MR) is 108 cm³/mol. The molecule has 4 rings (SSSR count). The molecule has 0 radical (unpaired) electrons. The lowest BCUT2D eigenvalue weighted by molar-refractivity contribution is -0.139. The lowest BCUT2D eigenvalue weighted by Gasteiger charge is -2.43. The van der Waals surface area contributed by atoms with Crippen LogP contribution in [0.3, 0.4) is 0 Å². The Bertz CT molecular complexity index is 733. The molecule has 2 aliphatic carbocycles. The Hall–Kier alpha value is -2.04. The normalized spacial score (nSPS) is 27.8. The van der Waals surface area contributed by atoms with Gasteiger partial charge in [0.25, 0.3) is 0 Å². The van der Waals surface area contributed by atoms with Crippen molar-refractivity contribution in [2.24, 2.45) is 5.92 Å². The Morgan fingerprint density at radius 1 is 1.11 bits per heavy atom. The lowest BCUT2D eigenvalue weighted by Crippen LogP contribution is -2.53. The first kappa shape index (κ1) is 19.3. The number of hydrogen-bond acceptors (Lipinski definition) is 3. The number of benzene rings is 1. The number of para-hydroxylation sites is 1. The van der Waals surface area contributed by atoms with E-state index in [4.69, 9.17) is 4.74 Å². The highest BCUT2D eigenvalue weighted by Crippen LogP contribution is 2.40. The summed E-state index contributed by atoms with van der Waals surface area (Å²) in [5.41, 5.74) is 0.767. The second kappa shape index (κ2) is 7.76. The number of ether oxygens (including phenoxy) is 1. The van der Waals surface area contributed by atoms with Crippen molar-refractivity contribution in [3.8, 4) is 5.75 Å². The second-order valence-electron chi connectivity index (χ2n) is 8.93. The molecule has 1 aliphatic heterocycles. The van der Waals surface area contributed by atoms with Gasteiger partial charge in [-0.15, -0.1) is 0 Å². The van der Waals surface area contributed by atoms with Crippen molar-refractivity contribution in [2.75, 3.05) is 13.6 Å². The first-order valence-electron chi connectivity index (χ1n) is 10.8. The van der Waals surface area contributed by atoms with Gasteiger partial charge in [-0.3, -0.25) is 9.59 Å². The topological polar surface area (TPSA) is 49.9 Å². The zero-order valence-electron chi connectivity index (χ0n) is 17.2. The largest absolute Gasteiger partial charge is 0.485 e. The maximum atomic E-state index is 13.3. The summed E-state index contributed by atoms with van der Waals surface area (Å²) in [6, 6.07) is 8.42. The average Bonchev–Trinajstić information content (AvgIpc) is 3.18. The molecule has 0 N–H and O–H groups in total. The zero-order chi connectivity index (χ0) is 19.7. The Balaban J connectivity index is 1.57. The standard InChI is InChI=1S/C23H32N2O3/c1-17(26)24(2)20-11-13-23(14-12-20)16-25(22(27)18-7-3-4-8-18)15-19-9-5-6-10-21(19)28-23/h5-6,9-10,18,20H,3-4,7-8,11-16H2,1-2H3. The van der Waals surface area contributed by atoms with E-state index in [0.717, 1.165) is 49.8 Å². The van der Waals surface area contributed by atoms with Gasteiger partial charge in [0.15, 0.2) is 0 Å². The van der Waals surface area contributed by atoms with Crippen molar-refractivity contribution >= 4 is 11.8 Å². The van der Waals surface area contributed by atoms with Crippen molar-refractivity contribution in [1.82, 2.24) is 9.80 Å². The number of rotatable bonds is 2. The van der Waals surface area contributed by atoms with E-state index in [1.165, 1.54) is 12.8 Å². The molecule has 0 unspecified atom stereocenters. The monoisotopic (exact) mass is 384 g/mol. The van der Waals surface area contributed by atoms with E-state index in [2.05, 4.69) is 11.0 Å². The van der Waals surface area contributed by atoms with E-state index >= 15 is 0 Å². The number of amides is 2. The second-order valence-corrected chi connectivity index (χ2v) is 8.93. The first-order valence-corrected chi connectivity index (χ1v) is 10.8. The molecule has 1 aromatic carbocycles. The van der Waals surface area contributed by atoms with Gasteiger partial charge in [0, 0.05) is 38.0 Å². The van der Waals surface area contributed by atoms with E-state index < -0.39 is 0 Å². The molecule has 28 heavy (non-hydrogen) atoms. The fraction of sp³-hybridized carbons (Fsp3) is 0.652.